The van der Waals surface area contributed by atoms with Gasteiger partial charge in [-0.15, -0.1) is 11.3 Å². The van der Waals surface area contributed by atoms with Crippen molar-refractivity contribution in [3.63, 3.8) is 0 Å². The summed E-state index contributed by atoms with van der Waals surface area (Å²) in [5.41, 5.74) is 0.895. The van der Waals surface area contributed by atoms with Gasteiger partial charge in [0.1, 0.15) is 12.4 Å². The minimum Gasteiger partial charge on any atom is -0.356 e. The molecule has 3 rings (SSSR count). The Bertz CT molecular complexity index is 1030. The molecular formula is C26H36FN5O3S. The molecule has 1 fully saturated rings. The van der Waals surface area contributed by atoms with E-state index in [2.05, 4.69) is 27.4 Å². The molecule has 1 aromatic heterocycles. The first-order valence-electron chi connectivity index (χ1n) is 12.5. The van der Waals surface area contributed by atoms with Gasteiger partial charge in [-0.05, 0) is 70.8 Å². The third-order valence-corrected chi connectivity index (χ3v) is 7.12. The SMILES string of the molecule is CC1CCCCN1CCCNC(=O)Cc1csc(NC(=O)CN(C(=O)c2ccc(F)cc2)C(C)C)n1. The van der Waals surface area contributed by atoms with Crippen LogP contribution in [0, 0.1) is 5.82 Å². The van der Waals surface area contributed by atoms with Crippen molar-refractivity contribution in [3.8, 4) is 0 Å². The van der Waals surface area contributed by atoms with E-state index in [-0.39, 0.29) is 30.8 Å². The summed E-state index contributed by atoms with van der Waals surface area (Å²) in [6.07, 6.45) is 4.86. The first kappa shape index (κ1) is 27.7. The number of benzene rings is 1. The Morgan fingerprint density at radius 1 is 1.19 bits per heavy atom. The maximum absolute atomic E-state index is 13.2. The van der Waals surface area contributed by atoms with Crippen LogP contribution >= 0.6 is 11.3 Å². The minimum atomic E-state index is -0.430. The zero-order valence-electron chi connectivity index (χ0n) is 21.3. The van der Waals surface area contributed by atoms with E-state index >= 15 is 0 Å². The Hall–Kier alpha value is -2.85. The number of nitrogens with zero attached hydrogens (tertiary/aromatic N) is 3. The fourth-order valence-electron chi connectivity index (χ4n) is 4.23. The fourth-order valence-corrected chi connectivity index (χ4v) is 4.96. The number of hydrogen-bond acceptors (Lipinski definition) is 6. The molecule has 0 spiro atoms. The van der Waals surface area contributed by atoms with E-state index in [1.807, 2.05) is 13.8 Å². The second kappa shape index (κ2) is 13.5. The number of nitrogens with one attached hydrogen (secondary N) is 2. The number of carbonyl (C=O) groups is 3. The number of anilines is 1. The predicted octanol–water partition coefficient (Wildman–Crippen LogP) is 3.69. The van der Waals surface area contributed by atoms with Crippen molar-refractivity contribution in [2.45, 2.75) is 65.0 Å². The van der Waals surface area contributed by atoms with Crippen molar-refractivity contribution in [2.75, 3.05) is 31.5 Å². The number of hydrogen-bond donors (Lipinski definition) is 2. The van der Waals surface area contributed by atoms with Crippen LogP contribution in [0.2, 0.25) is 0 Å². The quantitative estimate of drug-likeness (QED) is 0.444. The number of halogens is 1. The van der Waals surface area contributed by atoms with Crippen LogP contribution in [0.3, 0.4) is 0 Å². The van der Waals surface area contributed by atoms with E-state index in [1.165, 1.54) is 59.8 Å². The molecule has 0 saturated carbocycles. The monoisotopic (exact) mass is 517 g/mol. The van der Waals surface area contributed by atoms with Gasteiger partial charge >= 0.3 is 0 Å². The molecule has 1 atom stereocenters. The van der Waals surface area contributed by atoms with Gasteiger partial charge in [-0.25, -0.2) is 9.37 Å². The largest absolute Gasteiger partial charge is 0.356 e. The van der Waals surface area contributed by atoms with Crippen molar-refractivity contribution in [3.05, 3.63) is 46.7 Å². The van der Waals surface area contributed by atoms with Gasteiger partial charge in [-0.1, -0.05) is 6.42 Å². The number of carbonyl (C=O) groups excluding carboxylic acids is 3. The van der Waals surface area contributed by atoms with Gasteiger partial charge in [-0.3, -0.25) is 14.4 Å². The van der Waals surface area contributed by atoms with Crippen molar-refractivity contribution in [1.29, 1.82) is 0 Å². The molecule has 1 unspecified atom stereocenters. The summed E-state index contributed by atoms with van der Waals surface area (Å²) in [6.45, 7) is 8.47. The van der Waals surface area contributed by atoms with Gasteiger partial charge in [0.05, 0.1) is 12.1 Å². The zero-order chi connectivity index (χ0) is 26.1. The molecule has 10 heteroatoms. The molecule has 1 aliphatic heterocycles. The number of aromatic nitrogens is 1. The van der Waals surface area contributed by atoms with Crippen LogP contribution in [0.1, 0.15) is 62.5 Å². The molecule has 2 heterocycles. The van der Waals surface area contributed by atoms with Crippen LogP contribution in [0.15, 0.2) is 29.6 Å². The summed E-state index contributed by atoms with van der Waals surface area (Å²) in [7, 11) is 0. The first-order valence-corrected chi connectivity index (χ1v) is 13.4. The van der Waals surface area contributed by atoms with Crippen LogP contribution in [0.4, 0.5) is 9.52 Å². The van der Waals surface area contributed by atoms with Crippen LogP contribution in [0.25, 0.3) is 0 Å². The van der Waals surface area contributed by atoms with Gasteiger partial charge in [0.2, 0.25) is 11.8 Å². The van der Waals surface area contributed by atoms with E-state index in [1.54, 1.807) is 5.38 Å². The molecule has 0 aliphatic carbocycles. The lowest BCUT2D eigenvalue weighted by molar-refractivity contribution is -0.120. The molecule has 3 amide bonds. The Balaban J connectivity index is 1.42. The summed E-state index contributed by atoms with van der Waals surface area (Å²) in [6, 6.07) is 5.62. The summed E-state index contributed by atoms with van der Waals surface area (Å²) >= 11 is 1.23. The maximum Gasteiger partial charge on any atom is 0.254 e. The Kier molecular flexibility index (Phi) is 10.4. The van der Waals surface area contributed by atoms with E-state index < -0.39 is 11.7 Å². The van der Waals surface area contributed by atoms with Gasteiger partial charge in [0.25, 0.3) is 5.91 Å². The highest BCUT2D eigenvalue weighted by molar-refractivity contribution is 7.13. The van der Waals surface area contributed by atoms with Gasteiger partial charge in [-0.2, -0.15) is 0 Å². The van der Waals surface area contributed by atoms with Gasteiger partial charge in [0, 0.05) is 36.1 Å². The average Bonchev–Trinajstić information content (AvgIpc) is 3.27. The third-order valence-electron chi connectivity index (χ3n) is 6.31. The van der Waals surface area contributed by atoms with E-state index in [0.717, 1.165) is 19.5 Å². The third kappa shape index (κ3) is 8.37. The average molecular weight is 518 g/mol. The lowest BCUT2D eigenvalue weighted by Gasteiger charge is -2.33. The molecule has 2 aromatic rings. The zero-order valence-corrected chi connectivity index (χ0v) is 22.1. The summed E-state index contributed by atoms with van der Waals surface area (Å²) in [4.78, 5) is 45.9. The molecule has 1 saturated heterocycles. The second-order valence-corrected chi connectivity index (χ2v) is 10.3. The summed E-state index contributed by atoms with van der Waals surface area (Å²) in [5, 5.41) is 7.78. The van der Waals surface area contributed by atoms with Crippen LogP contribution in [-0.4, -0.2) is 70.8 Å². The second-order valence-electron chi connectivity index (χ2n) is 9.49. The molecular weight excluding hydrogens is 481 g/mol. The summed E-state index contributed by atoms with van der Waals surface area (Å²) in [5.74, 6) is -1.27. The molecule has 2 N–H and O–H groups in total. The van der Waals surface area contributed by atoms with Crippen molar-refractivity contribution >= 4 is 34.2 Å². The van der Waals surface area contributed by atoms with Crippen LogP contribution in [0.5, 0.6) is 0 Å². The van der Waals surface area contributed by atoms with E-state index in [9.17, 15) is 18.8 Å². The topological polar surface area (TPSA) is 94.6 Å². The molecule has 36 heavy (non-hydrogen) atoms. The normalized spacial score (nSPS) is 16.1. The number of likely N-dealkylation sites (tertiary alicyclic amines) is 1. The highest BCUT2D eigenvalue weighted by Gasteiger charge is 2.22. The fraction of sp³-hybridized carbons (Fsp3) is 0.538. The standard InChI is InChI=1S/C26H36FN5O3S/c1-18(2)32(25(35)20-8-10-21(27)11-9-20)16-24(34)30-26-29-22(17-36-26)15-23(33)28-12-6-14-31-13-5-4-7-19(31)3/h8-11,17-19H,4-7,12-16H2,1-3H3,(H,28,33)(H,29,30,34). The smallest absolute Gasteiger partial charge is 0.254 e. The van der Waals surface area contributed by atoms with Crippen LogP contribution in [-0.2, 0) is 16.0 Å². The van der Waals surface area contributed by atoms with E-state index in [4.69, 9.17) is 0 Å². The number of piperidine rings is 1. The van der Waals surface area contributed by atoms with Crippen molar-refractivity contribution in [2.24, 2.45) is 0 Å². The molecule has 0 radical (unpaired) electrons. The van der Waals surface area contributed by atoms with Crippen molar-refractivity contribution < 1.29 is 18.8 Å². The number of thiazole rings is 1. The van der Waals surface area contributed by atoms with Crippen molar-refractivity contribution in [1.82, 2.24) is 20.1 Å². The predicted molar refractivity (Wildman–Crippen MR) is 140 cm³/mol. The lowest BCUT2D eigenvalue weighted by atomic mass is 10.0. The Labute approximate surface area is 216 Å². The molecule has 196 valence electrons. The summed E-state index contributed by atoms with van der Waals surface area (Å²) < 4.78 is 13.2. The highest BCUT2D eigenvalue weighted by atomic mass is 32.1. The van der Waals surface area contributed by atoms with Gasteiger partial charge < -0.3 is 20.4 Å². The Morgan fingerprint density at radius 2 is 1.94 bits per heavy atom. The maximum atomic E-state index is 13.2. The minimum absolute atomic E-state index is 0.0965. The van der Waals surface area contributed by atoms with E-state index in [0.29, 0.717) is 29.0 Å². The Morgan fingerprint density at radius 3 is 2.64 bits per heavy atom. The number of amides is 3. The molecule has 8 nitrogen and oxygen atoms in total. The first-order chi connectivity index (χ1) is 17.2. The van der Waals surface area contributed by atoms with Gasteiger partial charge in [0.15, 0.2) is 5.13 Å². The lowest BCUT2D eigenvalue weighted by Crippen LogP contribution is -2.42. The molecule has 1 aliphatic rings. The molecule has 1 aromatic carbocycles. The highest BCUT2D eigenvalue weighted by Crippen LogP contribution is 2.18. The number of rotatable bonds is 11. The van der Waals surface area contributed by atoms with Crippen LogP contribution < -0.4 is 10.6 Å². The molecule has 0 bridgehead atoms.